The van der Waals surface area contributed by atoms with E-state index in [1.165, 1.54) is 11.8 Å². The van der Waals surface area contributed by atoms with Crippen LogP contribution >= 0.6 is 11.8 Å². The molecular formula is C10H18N4OS. The van der Waals surface area contributed by atoms with Gasteiger partial charge in [-0.25, -0.2) is 9.97 Å². The molecule has 0 aliphatic rings. The van der Waals surface area contributed by atoms with Crippen molar-refractivity contribution in [2.24, 2.45) is 5.92 Å². The van der Waals surface area contributed by atoms with Crippen LogP contribution in [0.1, 0.15) is 13.3 Å². The molecule has 5 nitrogen and oxygen atoms in total. The number of hydrogen-bond acceptors (Lipinski definition) is 6. The van der Waals surface area contributed by atoms with Crippen LogP contribution in [0.5, 0.6) is 0 Å². The van der Waals surface area contributed by atoms with Gasteiger partial charge in [-0.05, 0) is 18.6 Å². The fourth-order valence-corrected chi connectivity index (χ4v) is 1.61. The Labute approximate surface area is 99.9 Å². The molecule has 1 heterocycles. The van der Waals surface area contributed by atoms with E-state index in [1.807, 2.05) is 6.26 Å². The molecule has 1 unspecified atom stereocenters. The van der Waals surface area contributed by atoms with Crippen molar-refractivity contribution in [3.63, 3.8) is 0 Å². The summed E-state index contributed by atoms with van der Waals surface area (Å²) in [5, 5.41) is 12.6. The Bertz CT molecular complexity index is 335. The summed E-state index contributed by atoms with van der Waals surface area (Å²) in [6.07, 6.45) is 2.69. The molecule has 1 aromatic heterocycles. The molecule has 0 aliphatic carbocycles. The summed E-state index contributed by atoms with van der Waals surface area (Å²) in [6.45, 7) is 3.05. The van der Waals surface area contributed by atoms with Gasteiger partial charge in [-0.1, -0.05) is 18.7 Å². The molecule has 0 saturated heterocycles. The van der Waals surface area contributed by atoms with Crippen LogP contribution in [0, 0.1) is 5.92 Å². The zero-order valence-corrected chi connectivity index (χ0v) is 10.4. The normalized spacial score (nSPS) is 12.4. The first-order chi connectivity index (χ1) is 7.65. The Kier molecular flexibility index (Phi) is 5.34. The van der Waals surface area contributed by atoms with E-state index in [-0.39, 0.29) is 6.61 Å². The summed E-state index contributed by atoms with van der Waals surface area (Å²) in [5.41, 5.74) is 5.66. The van der Waals surface area contributed by atoms with Crippen LogP contribution in [0.15, 0.2) is 11.2 Å². The van der Waals surface area contributed by atoms with Gasteiger partial charge in [-0.2, -0.15) is 0 Å². The van der Waals surface area contributed by atoms with Crippen molar-refractivity contribution in [3.05, 3.63) is 6.07 Å². The van der Waals surface area contributed by atoms with E-state index in [9.17, 15) is 0 Å². The molecule has 1 atom stereocenters. The molecule has 0 saturated carbocycles. The fraction of sp³-hybridized carbons (Fsp3) is 0.600. The first-order valence-electron chi connectivity index (χ1n) is 5.19. The summed E-state index contributed by atoms with van der Waals surface area (Å²) in [4.78, 5) is 8.35. The lowest BCUT2D eigenvalue weighted by Gasteiger charge is -2.12. The third-order valence-electron chi connectivity index (χ3n) is 2.16. The zero-order valence-electron chi connectivity index (χ0n) is 9.60. The Morgan fingerprint density at radius 1 is 1.56 bits per heavy atom. The van der Waals surface area contributed by atoms with Gasteiger partial charge in [0.25, 0.3) is 0 Å². The topological polar surface area (TPSA) is 84.1 Å². The van der Waals surface area contributed by atoms with Crippen LogP contribution in [0.4, 0.5) is 11.6 Å². The lowest BCUT2D eigenvalue weighted by molar-refractivity contribution is 0.266. The molecule has 0 amide bonds. The number of hydrogen-bond donors (Lipinski definition) is 3. The van der Waals surface area contributed by atoms with Gasteiger partial charge < -0.3 is 16.2 Å². The smallest absolute Gasteiger partial charge is 0.191 e. The number of thioether (sulfide) groups is 1. The molecule has 1 rings (SSSR count). The molecule has 1 aromatic rings. The second kappa shape index (κ2) is 6.55. The molecule has 0 bridgehead atoms. The Hall–Kier alpha value is -1.01. The summed E-state index contributed by atoms with van der Waals surface area (Å²) >= 11 is 1.46. The minimum absolute atomic E-state index is 0.213. The molecule has 0 aliphatic heterocycles. The van der Waals surface area contributed by atoms with Crippen LogP contribution in [0.3, 0.4) is 0 Å². The van der Waals surface area contributed by atoms with E-state index in [2.05, 4.69) is 22.2 Å². The minimum atomic E-state index is 0.213. The van der Waals surface area contributed by atoms with Gasteiger partial charge in [0, 0.05) is 19.2 Å². The maximum absolute atomic E-state index is 8.78. The first-order valence-corrected chi connectivity index (χ1v) is 6.41. The molecule has 6 heteroatoms. The number of anilines is 2. The SMILES string of the molecule is CSc1nc(N)cc(NCC(C)CCO)n1. The van der Waals surface area contributed by atoms with E-state index in [1.54, 1.807) is 6.07 Å². The average molecular weight is 242 g/mol. The highest BCUT2D eigenvalue weighted by molar-refractivity contribution is 7.98. The van der Waals surface area contributed by atoms with Crippen molar-refractivity contribution in [2.45, 2.75) is 18.5 Å². The largest absolute Gasteiger partial charge is 0.396 e. The van der Waals surface area contributed by atoms with Crippen LogP contribution < -0.4 is 11.1 Å². The van der Waals surface area contributed by atoms with E-state index >= 15 is 0 Å². The van der Waals surface area contributed by atoms with Crippen molar-refractivity contribution in [1.29, 1.82) is 0 Å². The Morgan fingerprint density at radius 2 is 2.31 bits per heavy atom. The third kappa shape index (κ3) is 4.24. The molecular weight excluding hydrogens is 224 g/mol. The van der Waals surface area contributed by atoms with Gasteiger partial charge in [0.15, 0.2) is 5.16 Å². The number of aromatic nitrogens is 2. The number of aliphatic hydroxyl groups is 1. The molecule has 0 spiro atoms. The molecule has 0 aromatic carbocycles. The summed E-state index contributed by atoms with van der Waals surface area (Å²) in [5.74, 6) is 1.61. The molecule has 4 N–H and O–H groups in total. The first kappa shape index (κ1) is 13.1. The highest BCUT2D eigenvalue weighted by atomic mass is 32.2. The van der Waals surface area contributed by atoms with Gasteiger partial charge in [0.2, 0.25) is 0 Å². The van der Waals surface area contributed by atoms with E-state index in [0.717, 1.165) is 18.8 Å². The monoisotopic (exact) mass is 242 g/mol. The van der Waals surface area contributed by atoms with Crippen molar-refractivity contribution >= 4 is 23.4 Å². The van der Waals surface area contributed by atoms with Crippen LogP contribution in [-0.2, 0) is 0 Å². The van der Waals surface area contributed by atoms with Crippen LogP contribution in [0.25, 0.3) is 0 Å². The van der Waals surface area contributed by atoms with Gasteiger partial charge >= 0.3 is 0 Å². The average Bonchev–Trinajstić information content (AvgIpc) is 2.26. The number of rotatable bonds is 6. The number of nitrogens with two attached hydrogens (primary N) is 1. The molecule has 0 fully saturated rings. The fourth-order valence-electron chi connectivity index (χ4n) is 1.23. The second-order valence-corrected chi connectivity index (χ2v) is 4.44. The maximum atomic E-state index is 8.78. The Balaban J connectivity index is 2.56. The zero-order chi connectivity index (χ0) is 12.0. The van der Waals surface area contributed by atoms with Crippen molar-refractivity contribution in [2.75, 3.05) is 30.5 Å². The van der Waals surface area contributed by atoms with E-state index < -0.39 is 0 Å². The molecule has 16 heavy (non-hydrogen) atoms. The minimum Gasteiger partial charge on any atom is -0.396 e. The standard InChI is InChI=1S/C10H18N4OS/c1-7(3-4-15)6-12-9-5-8(11)13-10(14-9)16-2/h5,7,15H,3-4,6H2,1-2H3,(H3,11,12,13,14). The van der Waals surface area contributed by atoms with Crippen molar-refractivity contribution in [1.82, 2.24) is 9.97 Å². The van der Waals surface area contributed by atoms with E-state index in [4.69, 9.17) is 10.8 Å². The predicted octanol–water partition coefficient (Wildman–Crippen LogP) is 1.21. The lowest BCUT2D eigenvalue weighted by Crippen LogP contribution is -2.14. The summed E-state index contributed by atoms with van der Waals surface area (Å²) in [7, 11) is 0. The van der Waals surface area contributed by atoms with Gasteiger partial charge in [-0.15, -0.1) is 0 Å². The van der Waals surface area contributed by atoms with Crippen LogP contribution in [-0.4, -0.2) is 34.5 Å². The van der Waals surface area contributed by atoms with Gasteiger partial charge in [0.1, 0.15) is 11.6 Å². The highest BCUT2D eigenvalue weighted by Crippen LogP contribution is 2.15. The van der Waals surface area contributed by atoms with Crippen LogP contribution in [0.2, 0.25) is 0 Å². The lowest BCUT2D eigenvalue weighted by atomic mass is 10.1. The third-order valence-corrected chi connectivity index (χ3v) is 2.71. The Morgan fingerprint density at radius 3 is 2.94 bits per heavy atom. The number of aliphatic hydroxyl groups excluding tert-OH is 1. The number of nitrogens with zero attached hydrogens (tertiary/aromatic N) is 2. The van der Waals surface area contributed by atoms with Gasteiger partial charge in [-0.3, -0.25) is 0 Å². The molecule has 0 radical (unpaired) electrons. The predicted molar refractivity (Wildman–Crippen MR) is 67.6 cm³/mol. The molecule has 90 valence electrons. The number of nitrogens with one attached hydrogen (secondary N) is 1. The number of nitrogen functional groups attached to an aromatic ring is 1. The quantitative estimate of drug-likeness (QED) is 0.513. The highest BCUT2D eigenvalue weighted by Gasteiger charge is 2.04. The van der Waals surface area contributed by atoms with Crippen molar-refractivity contribution < 1.29 is 5.11 Å². The van der Waals surface area contributed by atoms with E-state index in [0.29, 0.717) is 16.9 Å². The summed E-state index contributed by atoms with van der Waals surface area (Å²) in [6, 6.07) is 1.71. The maximum Gasteiger partial charge on any atom is 0.191 e. The second-order valence-electron chi connectivity index (χ2n) is 3.66. The van der Waals surface area contributed by atoms with Gasteiger partial charge in [0.05, 0.1) is 0 Å². The van der Waals surface area contributed by atoms with Crippen molar-refractivity contribution in [3.8, 4) is 0 Å². The summed E-state index contributed by atoms with van der Waals surface area (Å²) < 4.78 is 0.